The number of carbonyl (C=O) groups is 1. The molecule has 0 unspecified atom stereocenters. The van der Waals surface area contributed by atoms with Crippen molar-refractivity contribution in [2.45, 2.75) is 55.6 Å². The number of halogens is 1. The van der Waals surface area contributed by atoms with Gasteiger partial charge in [-0.05, 0) is 54.3 Å². The Morgan fingerprint density at radius 3 is 2.59 bits per heavy atom. The van der Waals surface area contributed by atoms with E-state index in [9.17, 15) is 18.3 Å². The molecule has 0 bridgehead atoms. The molecule has 3 heterocycles. The molecule has 1 saturated heterocycles. The smallest absolute Gasteiger partial charge is 0.223 e. The van der Waals surface area contributed by atoms with Gasteiger partial charge in [0.15, 0.2) is 9.84 Å². The number of hydrogen-bond donors (Lipinski definition) is 1. The van der Waals surface area contributed by atoms with Crippen LogP contribution in [0.3, 0.4) is 0 Å². The molecule has 5 rings (SSSR count). The molecule has 0 atom stereocenters. The maximum absolute atomic E-state index is 12.9. The number of aromatic nitrogens is 2. The summed E-state index contributed by atoms with van der Waals surface area (Å²) in [6.45, 7) is 1.64. The van der Waals surface area contributed by atoms with Gasteiger partial charge in [0.05, 0.1) is 10.6 Å². The minimum absolute atomic E-state index is 0.0851. The number of piperidine rings is 1. The maximum atomic E-state index is 12.9. The molecule has 1 amide bonds. The Kier molecular flexibility index (Phi) is 6.16. The number of hydrogen-bond acceptors (Lipinski definition) is 5. The van der Waals surface area contributed by atoms with Crippen LogP contribution in [-0.4, -0.2) is 52.7 Å². The van der Waals surface area contributed by atoms with Crippen LogP contribution in [0.25, 0.3) is 10.8 Å². The fraction of sp³-hybridized carbons (Fsp3) is 0.440. The SMILES string of the molecule is O=C(CCS(=O)(=O)c1ccc2cc(Cl)ccc2c1)N1CCC(O)(c2ncc3n2CCCC3)CC1. The van der Waals surface area contributed by atoms with Crippen LogP contribution in [0.15, 0.2) is 47.5 Å². The molecule has 0 spiro atoms. The van der Waals surface area contributed by atoms with Gasteiger partial charge in [0.2, 0.25) is 5.91 Å². The van der Waals surface area contributed by atoms with Gasteiger partial charge in [-0.25, -0.2) is 13.4 Å². The predicted molar refractivity (Wildman–Crippen MR) is 131 cm³/mol. The third kappa shape index (κ3) is 4.46. The molecular formula is C25H28ClN3O4S. The van der Waals surface area contributed by atoms with Gasteiger partial charge in [-0.3, -0.25) is 4.79 Å². The van der Waals surface area contributed by atoms with Crippen LogP contribution in [0.4, 0.5) is 0 Å². The number of rotatable bonds is 5. The minimum atomic E-state index is -3.61. The van der Waals surface area contributed by atoms with Crippen molar-refractivity contribution in [2.24, 2.45) is 0 Å². The number of benzene rings is 2. The molecule has 0 aliphatic carbocycles. The van der Waals surface area contributed by atoms with Crippen LogP contribution in [0.2, 0.25) is 5.02 Å². The topological polar surface area (TPSA) is 92.5 Å². The maximum Gasteiger partial charge on any atom is 0.223 e. The standard InChI is InChI=1S/C25H28ClN3O4S/c26-20-6-4-19-16-22(7-5-18(19)15-20)34(32,33)14-8-23(30)28-12-9-25(31,10-13-28)24-27-17-21-3-1-2-11-29(21)24/h4-7,15-17,31H,1-3,8-14H2. The molecule has 3 aromatic rings. The summed E-state index contributed by atoms with van der Waals surface area (Å²) in [7, 11) is -3.61. The molecule has 1 fully saturated rings. The fourth-order valence-corrected chi connectivity index (χ4v) is 6.48. The van der Waals surface area contributed by atoms with E-state index >= 15 is 0 Å². The van der Waals surface area contributed by atoms with Crippen LogP contribution in [-0.2, 0) is 33.2 Å². The van der Waals surface area contributed by atoms with Crippen molar-refractivity contribution < 1.29 is 18.3 Å². The van der Waals surface area contributed by atoms with Crippen molar-refractivity contribution in [3.63, 3.8) is 0 Å². The van der Waals surface area contributed by atoms with Gasteiger partial charge in [-0.15, -0.1) is 0 Å². The van der Waals surface area contributed by atoms with Crippen LogP contribution >= 0.6 is 11.6 Å². The molecule has 1 N–H and O–H groups in total. The van der Waals surface area contributed by atoms with Gasteiger partial charge in [0.25, 0.3) is 0 Å². The lowest BCUT2D eigenvalue weighted by molar-refractivity contribution is -0.135. The Morgan fingerprint density at radius 1 is 1.06 bits per heavy atom. The fourth-order valence-electron chi connectivity index (χ4n) is 5.04. The lowest BCUT2D eigenvalue weighted by atomic mass is 9.90. The summed E-state index contributed by atoms with van der Waals surface area (Å²) in [6, 6.07) is 10.2. The third-order valence-corrected chi connectivity index (χ3v) is 9.03. The quantitative estimate of drug-likeness (QED) is 0.575. The number of imidazole rings is 1. The van der Waals surface area contributed by atoms with Crippen LogP contribution in [0.1, 0.15) is 43.6 Å². The van der Waals surface area contributed by atoms with E-state index in [1.165, 1.54) is 0 Å². The number of fused-ring (bicyclic) bond motifs is 2. The first-order chi connectivity index (χ1) is 16.2. The number of nitrogens with zero attached hydrogens (tertiary/aromatic N) is 3. The van der Waals surface area contributed by atoms with Crippen molar-refractivity contribution in [3.05, 3.63) is 59.1 Å². The van der Waals surface area contributed by atoms with Gasteiger partial charge in [0, 0.05) is 55.8 Å². The van der Waals surface area contributed by atoms with E-state index in [1.54, 1.807) is 41.3 Å². The van der Waals surface area contributed by atoms with Gasteiger partial charge in [-0.1, -0.05) is 23.7 Å². The molecule has 9 heteroatoms. The zero-order chi connectivity index (χ0) is 23.9. The zero-order valence-corrected chi connectivity index (χ0v) is 20.5. The van der Waals surface area contributed by atoms with E-state index in [2.05, 4.69) is 9.55 Å². The molecular weight excluding hydrogens is 474 g/mol. The van der Waals surface area contributed by atoms with Crippen LogP contribution < -0.4 is 0 Å². The van der Waals surface area contributed by atoms with Crippen molar-refractivity contribution in [3.8, 4) is 0 Å². The monoisotopic (exact) mass is 501 g/mol. The lowest BCUT2D eigenvalue weighted by Gasteiger charge is -2.38. The normalized spacial score (nSPS) is 18.1. The van der Waals surface area contributed by atoms with E-state index in [0.29, 0.717) is 36.8 Å². The van der Waals surface area contributed by atoms with Crippen molar-refractivity contribution >= 4 is 38.1 Å². The number of sulfone groups is 1. The molecule has 0 radical (unpaired) electrons. The van der Waals surface area contributed by atoms with E-state index in [1.807, 2.05) is 6.20 Å². The van der Waals surface area contributed by atoms with Gasteiger partial charge in [0.1, 0.15) is 11.4 Å². The van der Waals surface area contributed by atoms with Crippen LogP contribution in [0, 0.1) is 0 Å². The summed E-state index contributed by atoms with van der Waals surface area (Å²) in [4.78, 5) is 19.2. The largest absolute Gasteiger partial charge is 0.382 e. The molecule has 7 nitrogen and oxygen atoms in total. The highest BCUT2D eigenvalue weighted by molar-refractivity contribution is 7.91. The molecule has 1 aromatic heterocycles. The van der Waals surface area contributed by atoms with E-state index in [0.717, 1.165) is 42.3 Å². The second kappa shape index (κ2) is 8.98. The lowest BCUT2D eigenvalue weighted by Crippen LogP contribution is -2.46. The summed E-state index contributed by atoms with van der Waals surface area (Å²) >= 11 is 6.00. The van der Waals surface area contributed by atoms with Crippen LogP contribution in [0.5, 0.6) is 0 Å². The number of carbonyl (C=O) groups excluding carboxylic acids is 1. The summed E-state index contributed by atoms with van der Waals surface area (Å²) < 4.78 is 27.9. The highest BCUT2D eigenvalue weighted by Crippen LogP contribution is 2.34. The van der Waals surface area contributed by atoms with E-state index in [-0.39, 0.29) is 23.0 Å². The minimum Gasteiger partial charge on any atom is -0.382 e. The summed E-state index contributed by atoms with van der Waals surface area (Å²) in [6.07, 6.45) is 5.77. The predicted octanol–water partition coefficient (Wildman–Crippen LogP) is 3.70. The Hall–Kier alpha value is -2.42. The molecule has 34 heavy (non-hydrogen) atoms. The Bertz CT molecular complexity index is 1340. The first kappa shape index (κ1) is 23.3. The number of amides is 1. The van der Waals surface area contributed by atoms with E-state index < -0.39 is 15.4 Å². The third-order valence-electron chi connectivity index (χ3n) is 7.08. The van der Waals surface area contributed by atoms with Gasteiger partial charge >= 0.3 is 0 Å². The van der Waals surface area contributed by atoms with Gasteiger partial charge in [-0.2, -0.15) is 0 Å². The van der Waals surface area contributed by atoms with Gasteiger partial charge < -0.3 is 14.6 Å². The second-order valence-electron chi connectivity index (χ2n) is 9.32. The summed E-state index contributed by atoms with van der Waals surface area (Å²) in [5, 5.41) is 13.5. The number of aryl methyl sites for hydroxylation is 1. The van der Waals surface area contributed by atoms with Crippen molar-refractivity contribution in [1.29, 1.82) is 0 Å². The first-order valence-corrected chi connectivity index (χ1v) is 13.8. The summed E-state index contributed by atoms with van der Waals surface area (Å²) in [5.41, 5.74) is 0.113. The highest BCUT2D eigenvalue weighted by Gasteiger charge is 2.39. The second-order valence-corrected chi connectivity index (χ2v) is 11.9. The highest BCUT2D eigenvalue weighted by atomic mass is 35.5. The van der Waals surface area contributed by atoms with E-state index in [4.69, 9.17) is 11.6 Å². The number of aliphatic hydroxyl groups is 1. The molecule has 180 valence electrons. The van der Waals surface area contributed by atoms with Crippen molar-refractivity contribution in [1.82, 2.24) is 14.5 Å². The van der Waals surface area contributed by atoms with Crippen molar-refractivity contribution in [2.75, 3.05) is 18.8 Å². The average molecular weight is 502 g/mol. The number of likely N-dealkylation sites (tertiary alicyclic amines) is 1. The first-order valence-electron chi connectivity index (χ1n) is 11.7. The average Bonchev–Trinajstić information content (AvgIpc) is 3.28. The Morgan fingerprint density at radius 2 is 1.79 bits per heavy atom. The Balaban J connectivity index is 1.21. The summed E-state index contributed by atoms with van der Waals surface area (Å²) in [5.74, 6) is 0.247. The zero-order valence-electron chi connectivity index (χ0n) is 18.9. The molecule has 0 saturated carbocycles. The molecule has 2 aliphatic heterocycles. The molecule has 2 aromatic carbocycles. The Labute approximate surface area is 204 Å². The molecule has 2 aliphatic rings.